The van der Waals surface area contributed by atoms with Crippen molar-refractivity contribution in [3.8, 4) is 0 Å². The standard InChI is InChI=1S/C24H33N7/c1-5-30-12-14-31(15-13-30)21-8-6-19(7-9-21)26-23-16-20(10-11-25-23)27-24-17-22(18(2)3)28-29(24)4/h6-11,16-18H,5,12-15H2,1-4H3,(H2,25,26,27). The van der Waals surface area contributed by atoms with E-state index in [2.05, 4.69) is 81.6 Å². The zero-order valence-corrected chi connectivity index (χ0v) is 19.0. The van der Waals surface area contributed by atoms with Crippen LogP contribution >= 0.6 is 0 Å². The van der Waals surface area contributed by atoms with Crippen molar-refractivity contribution in [2.75, 3.05) is 48.3 Å². The first-order valence-corrected chi connectivity index (χ1v) is 11.1. The molecule has 2 aromatic heterocycles. The third-order valence-corrected chi connectivity index (χ3v) is 5.85. The molecule has 1 aliphatic heterocycles. The molecular formula is C24H33N7. The summed E-state index contributed by atoms with van der Waals surface area (Å²) >= 11 is 0. The summed E-state index contributed by atoms with van der Waals surface area (Å²) in [6.45, 7) is 12.1. The summed E-state index contributed by atoms with van der Waals surface area (Å²) in [6.07, 6.45) is 1.81. The number of likely N-dealkylation sites (N-methyl/N-ethyl adjacent to an activating group) is 1. The van der Waals surface area contributed by atoms with E-state index in [9.17, 15) is 0 Å². The van der Waals surface area contributed by atoms with Gasteiger partial charge in [-0.05, 0) is 42.8 Å². The molecule has 0 atom stereocenters. The van der Waals surface area contributed by atoms with Crippen molar-refractivity contribution in [1.29, 1.82) is 0 Å². The highest BCUT2D eigenvalue weighted by atomic mass is 15.3. The minimum Gasteiger partial charge on any atom is -0.369 e. The molecule has 3 heterocycles. The van der Waals surface area contributed by atoms with E-state index in [0.29, 0.717) is 5.92 Å². The number of aryl methyl sites for hydroxylation is 1. The maximum absolute atomic E-state index is 4.57. The first kappa shape index (κ1) is 21.2. The number of piperazine rings is 1. The van der Waals surface area contributed by atoms with Crippen molar-refractivity contribution in [3.63, 3.8) is 0 Å². The molecule has 1 aliphatic rings. The molecule has 0 saturated carbocycles. The Morgan fingerprint density at radius 3 is 2.32 bits per heavy atom. The number of aromatic nitrogens is 3. The quantitative estimate of drug-likeness (QED) is 0.585. The predicted molar refractivity (Wildman–Crippen MR) is 129 cm³/mol. The van der Waals surface area contributed by atoms with Gasteiger partial charge in [0, 0.05) is 68.6 Å². The zero-order chi connectivity index (χ0) is 21.8. The fraction of sp³-hybridized carbons (Fsp3) is 0.417. The Bertz CT molecular complexity index is 985. The van der Waals surface area contributed by atoms with E-state index < -0.39 is 0 Å². The number of hydrogen-bond donors (Lipinski definition) is 2. The van der Waals surface area contributed by atoms with Crippen LogP contribution in [-0.4, -0.2) is 52.4 Å². The van der Waals surface area contributed by atoms with Crippen LogP contribution in [0.2, 0.25) is 0 Å². The van der Waals surface area contributed by atoms with E-state index in [1.165, 1.54) is 5.69 Å². The summed E-state index contributed by atoms with van der Waals surface area (Å²) in [7, 11) is 1.96. The lowest BCUT2D eigenvalue weighted by molar-refractivity contribution is 0.271. The van der Waals surface area contributed by atoms with Crippen LogP contribution in [0.3, 0.4) is 0 Å². The second-order valence-electron chi connectivity index (χ2n) is 8.38. The number of rotatable bonds is 7. The van der Waals surface area contributed by atoms with Crippen molar-refractivity contribution in [2.24, 2.45) is 7.05 Å². The van der Waals surface area contributed by atoms with Gasteiger partial charge in [0.1, 0.15) is 11.6 Å². The molecule has 4 rings (SSSR count). The summed E-state index contributed by atoms with van der Waals surface area (Å²) in [4.78, 5) is 9.42. The molecule has 0 aliphatic carbocycles. The Morgan fingerprint density at radius 2 is 1.68 bits per heavy atom. The van der Waals surface area contributed by atoms with Crippen molar-refractivity contribution in [3.05, 3.63) is 54.4 Å². The first-order valence-electron chi connectivity index (χ1n) is 11.1. The fourth-order valence-electron chi connectivity index (χ4n) is 3.84. The second kappa shape index (κ2) is 9.39. The topological polar surface area (TPSA) is 61.2 Å². The van der Waals surface area contributed by atoms with Gasteiger partial charge >= 0.3 is 0 Å². The lowest BCUT2D eigenvalue weighted by Gasteiger charge is -2.35. The van der Waals surface area contributed by atoms with Crippen LogP contribution in [0.5, 0.6) is 0 Å². The Kier molecular flexibility index (Phi) is 6.42. The van der Waals surface area contributed by atoms with Gasteiger partial charge in [-0.3, -0.25) is 4.68 Å². The van der Waals surface area contributed by atoms with Crippen LogP contribution in [0.1, 0.15) is 32.4 Å². The van der Waals surface area contributed by atoms with E-state index in [-0.39, 0.29) is 0 Å². The van der Waals surface area contributed by atoms with Crippen molar-refractivity contribution >= 4 is 28.7 Å². The average Bonchev–Trinajstić information content (AvgIpc) is 3.15. The predicted octanol–water partition coefficient (Wildman–Crippen LogP) is 4.57. The molecule has 0 amide bonds. The van der Waals surface area contributed by atoms with Crippen molar-refractivity contribution in [2.45, 2.75) is 26.7 Å². The number of hydrogen-bond acceptors (Lipinski definition) is 6. The molecule has 7 heteroatoms. The maximum Gasteiger partial charge on any atom is 0.132 e. The second-order valence-corrected chi connectivity index (χ2v) is 8.38. The Morgan fingerprint density at radius 1 is 0.935 bits per heavy atom. The van der Waals surface area contributed by atoms with Crippen molar-refractivity contribution < 1.29 is 0 Å². The lowest BCUT2D eigenvalue weighted by atomic mass is 10.1. The normalized spacial score (nSPS) is 14.8. The van der Waals surface area contributed by atoms with Gasteiger partial charge in [0.05, 0.1) is 5.69 Å². The van der Waals surface area contributed by atoms with E-state index in [1.807, 2.05) is 30.1 Å². The summed E-state index contributed by atoms with van der Waals surface area (Å²) < 4.78 is 1.88. The number of pyridine rings is 1. The van der Waals surface area contributed by atoms with E-state index in [1.54, 1.807) is 0 Å². The molecule has 1 fully saturated rings. The Hall–Kier alpha value is -3.06. The van der Waals surface area contributed by atoms with Crippen LogP contribution in [0.25, 0.3) is 0 Å². The van der Waals surface area contributed by atoms with Gasteiger partial charge < -0.3 is 20.4 Å². The molecule has 164 valence electrons. The molecule has 0 bridgehead atoms. The minimum atomic E-state index is 0.398. The van der Waals surface area contributed by atoms with Crippen LogP contribution < -0.4 is 15.5 Å². The average molecular weight is 420 g/mol. The van der Waals surface area contributed by atoms with Gasteiger partial charge in [0.2, 0.25) is 0 Å². The van der Waals surface area contributed by atoms with Crippen molar-refractivity contribution in [1.82, 2.24) is 19.7 Å². The summed E-state index contributed by atoms with van der Waals surface area (Å²) in [5, 5.41) is 11.4. The van der Waals surface area contributed by atoms with Gasteiger partial charge in [-0.1, -0.05) is 20.8 Å². The monoisotopic (exact) mass is 419 g/mol. The molecule has 0 unspecified atom stereocenters. The summed E-state index contributed by atoms with van der Waals surface area (Å²) in [6, 6.07) is 14.7. The minimum absolute atomic E-state index is 0.398. The molecule has 7 nitrogen and oxygen atoms in total. The summed E-state index contributed by atoms with van der Waals surface area (Å²) in [5.74, 6) is 2.17. The van der Waals surface area contributed by atoms with Crippen LogP contribution in [0.15, 0.2) is 48.7 Å². The molecule has 2 N–H and O–H groups in total. The van der Waals surface area contributed by atoms with E-state index in [4.69, 9.17) is 0 Å². The molecule has 1 aromatic carbocycles. The number of nitrogens with one attached hydrogen (secondary N) is 2. The number of anilines is 5. The van der Waals surface area contributed by atoms with Gasteiger partial charge in [-0.15, -0.1) is 0 Å². The maximum atomic E-state index is 4.57. The molecule has 31 heavy (non-hydrogen) atoms. The fourth-order valence-corrected chi connectivity index (χ4v) is 3.84. The van der Waals surface area contributed by atoms with Gasteiger partial charge in [0.15, 0.2) is 0 Å². The molecule has 1 saturated heterocycles. The smallest absolute Gasteiger partial charge is 0.132 e. The highest BCUT2D eigenvalue weighted by Crippen LogP contribution is 2.25. The molecule has 0 spiro atoms. The third kappa shape index (κ3) is 5.17. The molecule has 3 aromatic rings. The van der Waals surface area contributed by atoms with E-state index in [0.717, 1.165) is 61.4 Å². The molecule has 0 radical (unpaired) electrons. The van der Waals surface area contributed by atoms with Gasteiger partial charge in [-0.25, -0.2) is 4.98 Å². The largest absolute Gasteiger partial charge is 0.369 e. The first-order chi connectivity index (χ1) is 15.0. The Labute approximate surface area is 185 Å². The van der Waals surface area contributed by atoms with Crippen LogP contribution in [-0.2, 0) is 7.05 Å². The number of nitrogens with zero attached hydrogens (tertiary/aromatic N) is 5. The Balaban J connectivity index is 1.40. The lowest BCUT2D eigenvalue weighted by Crippen LogP contribution is -2.46. The summed E-state index contributed by atoms with van der Waals surface area (Å²) in [5.41, 5.74) is 4.36. The van der Waals surface area contributed by atoms with Gasteiger partial charge in [-0.2, -0.15) is 5.10 Å². The highest BCUT2D eigenvalue weighted by Gasteiger charge is 2.15. The SMILES string of the molecule is CCN1CCN(c2ccc(Nc3cc(Nc4cc(C(C)C)nn4C)ccn3)cc2)CC1. The third-order valence-electron chi connectivity index (χ3n) is 5.85. The van der Waals surface area contributed by atoms with Gasteiger partial charge in [0.25, 0.3) is 0 Å². The number of benzene rings is 1. The van der Waals surface area contributed by atoms with Crippen LogP contribution in [0, 0.1) is 0 Å². The highest BCUT2D eigenvalue weighted by molar-refractivity contribution is 5.66. The van der Waals surface area contributed by atoms with E-state index >= 15 is 0 Å². The van der Waals surface area contributed by atoms with Crippen LogP contribution in [0.4, 0.5) is 28.7 Å². The zero-order valence-electron chi connectivity index (χ0n) is 19.0. The molecular weight excluding hydrogens is 386 g/mol.